The van der Waals surface area contributed by atoms with Crippen molar-refractivity contribution in [3.63, 3.8) is 0 Å². The Morgan fingerprint density at radius 1 is 1.35 bits per heavy atom. The minimum Gasteiger partial charge on any atom is -0.332 e. The molecule has 0 spiro atoms. The van der Waals surface area contributed by atoms with Crippen molar-refractivity contribution in [3.8, 4) is 0 Å². The second kappa shape index (κ2) is 5.10. The molecular weight excluding hydrogens is 230 g/mol. The number of thiocarbonyl (C=S) groups is 1. The third-order valence-corrected chi connectivity index (χ3v) is 2.76. The second-order valence-corrected chi connectivity index (χ2v) is 4.20. The van der Waals surface area contributed by atoms with Gasteiger partial charge in [0.25, 0.3) is 0 Å². The SMILES string of the molecule is CCc1nc(C)cn1C(=S)Nc1ccccc1. The molecule has 4 heteroatoms. The van der Waals surface area contributed by atoms with Crippen LogP contribution in [0.25, 0.3) is 0 Å². The van der Waals surface area contributed by atoms with Crippen LogP contribution >= 0.6 is 12.2 Å². The van der Waals surface area contributed by atoms with E-state index in [4.69, 9.17) is 12.2 Å². The molecule has 1 N–H and O–H groups in total. The van der Waals surface area contributed by atoms with Gasteiger partial charge in [0.15, 0.2) is 5.11 Å². The lowest BCUT2D eigenvalue weighted by molar-refractivity contribution is 0.927. The van der Waals surface area contributed by atoms with Crippen LogP contribution in [0.3, 0.4) is 0 Å². The van der Waals surface area contributed by atoms with Gasteiger partial charge in [0.1, 0.15) is 5.82 Å². The molecule has 0 aliphatic carbocycles. The number of para-hydroxylation sites is 1. The Morgan fingerprint density at radius 2 is 2.06 bits per heavy atom. The minimum absolute atomic E-state index is 0.661. The largest absolute Gasteiger partial charge is 0.332 e. The van der Waals surface area contributed by atoms with E-state index in [0.29, 0.717) is 5.11 Å². The lowest BCUT2D eigenvalue weighted by Crippen LogP contribution is -2.20. The average Bonchev–Trinajstić information content (AvgIpc) is 2.72. The number of anilines is 1. The molecule has 0 unspecified atom stereocenters. The number of rotatable bonds is 2. The van der Waals surface area contributed by atoms with Crippen molar-refractivity contribution >= 4 is 23.0 Å². The van der Waals surface area contributed by atoms with Crippen LogP contribution in [0.15, 0.2) is 36.5 Å². The molecule has 2 rings (SSSR count). The number of aromatic nitrogens is 2. The molecule has 0 aliphatic heterocycles. The van der Waals surface area contributed by atoms with Crippen molar-refractivity contribution in [1.82, 2.24) is 9.55 Å². The normalized spacial score (nSPS) is 10.2. The van der Waals surface area contributed by atoms with Gasteiger partial charge in [-0.3, -0.25) is 4.57 Å². The summed E-state index contributed by atoms with van der Waals surface area (Å²) in [5.74, 6) is 0.982. The molecule has 0 saturated carbocycles. The molecular formula is C13H15N3S. The summed E-state index contributed by atoms with van der Waals surface area (Å²) in [7, 11) is 0. The van der Waals surface area contributed by atoms with Crippen LogP contribution in [0.5, 0.6) is 0 Å². The van der Waals surface area contributed by atoms with E-state index in [2.05, 4.69) is 17.2 Å². The molecule has 0 bridgehead atoms. The van der Waals surface area contributed by atoms with Crippen molar-refractivity contribution in [2.75, 3.05) is 5.32 Å². The van der Waals surface area contributed by atoms with Crippen molar-refractivity contribution in [3.05, 3.63) is 48.0 Å². The molecule has 1 heterocycles. The highest BCUT2D eigenvalue weighted by Crippen LogP contribution is 2.09. The Hall–Kier alpha value is -1.68. The fourth-order valence-electron chi connectivity index (χ4n) is 1.68. The van der Waals surface area contributed by atoms with E-state index in [-0.39, 0.29) is 0 Å². The van der Waals surface area contributed by atoms with Gasteiger partial charge in [-0.05, 0) is 31.3 Å². The first-order valence-electron chi connectivity index (χ1n) is 5.62. The first-order chi connectivity index (χ1) is 8.20. The van der Waals surface area contributed by atoms with Crippen LogP contribution in [-0.2, 0) is 6.42 Å². The molecule has 0 atom stereocenters. The molecule has 0 radical (unpaired) electrons. The van der Waals surface area contributed by atoms with E-state index in [9.17, 15) is 0 Å². The number of hydrogen-bond acceptors (Lipinski definition) is 2. The van der Waals surface area contributed by atoms with E-state index in [0.717, 1.165) is 23.6 Å². The number of aryl methyl sites for hydroxylation is 2. The monoisotopic (exact) mass is 245 g/mol. The smallest absolute Gasteiger partial charge is 0.183 e. The summed E-state index contributed by atoms with van der Waals surface area (Å²) in [4.78, 5) is 4.43. The quantitative estimate of drug-likeness (QED) is 0.825. The van der Waals surface area contributed by atoms with Gasteiger partial charge >= 0.3 is 0 Å². The van der Waals surface area contributed by atoms with Crippen molar-refractivity contribution in [1.29, 1.82) is 0 Å². The standard InChI is InChI=1S/C13H15N3S/c1-3-12-14-10(2)9-16(12)13(17)15-11-7-5-4-6-8-11/h4-9H,3H2,1-2H3,(H,15,17). The zero-order chi connectivity index (χ0) is 12.3. The van der Waals surface area contributed by atoms with E-state index >= 15 is 0 Å². The van der Waals surface area contributed by atoms with Gasteiger partial charge in [-0.15, -0.1) is 0 Å². The molecule has 0 saturated heterocycles. The number of nitrogens with one attached hydrogen (secondary N) is 1. The van der Waals surface area contributed by atoms with E-state index in [1.807, 2.05) is 48.0 Å². The fourth-order valence-corrected chi connectivity index (χ4v) is 1.95. The molecule has 2 aromatic rings. The van der Waals surface area contributed by atoms with Crippen LogP contribution in [0.2, 0.25) is 0 Å². The summed E-state index contributed by atoms with van der Waals surface area (Å²) in [5, 5.41) is 3.86. The first-order valence-corrected chi connectivity index (χ1v) is 6.03. The minimum atomic E-state index is 0.661. The molecule has 17 heavy (non-hydrogen) atoms. The van der Waals surface area contributed by atoms with Crippen molar-refractivity contribution in [2.24, 2.45) is 0 Å². The molecule has 3 nitrogen and oxygen atoms in total. The van der Waals surface area contributed by atoms with Gasteiger partial charge in [-0.2, -0.15) is 0 Å². The van der Waals surface area contributed by atoms with Gasteiger partial charge in [-0.1, -0.05) is 25.1 Å². The molecule has 0 fully saturated rings. The lowest BCUT2D eigenvalue weighted by atomic mass is 10.3. The molecule has 1 aromatic heterocycles. The maximum atomic E-state index is 5.38. The summed E-state index contributed by atoms with van der Waals surface area (Å²) >= 11 is 5.38. The Morgan fingerprint density at radius 3 is 2.71 bits per heavy atom. The van der Waals surface area contributed by atoms with Crippen LogP contribution in [-0.4, -0.2) is 14.7 Å². The maximum Gasteiger partial charge on any atom is 0.183 e. The van der Waals surface area contributed by atoms with E-state index < -0.39 is 0 Å². The number of nitrogens with zero attached hydrogens (tertiary/aromatic N) is 2. The Bertz CT molecular complexity index is 517. The first kappa shape index (κ1) is 11.8. The number of imidazole rings is 1. The topological polar surface area (TPSA) is 29.9 Å². The Balaban J connectivity index is 2.20. The highest BCUT2D eigenvalue weighted by Gasteiger charge is 2.07. The summed E-state index contributed by atoms with van der Waals surface area (Å²) < 4.78 is 1.93. The number of hydrogen-bond donors (Lipinski definition) is 1. The van der Waals surface area contributed by atoms with E-state index in [1.165, 1.54) is 0 Å². The Kier molecular flexibility index (Phi) is 3.54. The Labute approximate surface area is 106 Å². The van der Waals surface area contributed by atoms with Gasteiger partial charge in [0, 0.05) is 18.3 Å². The van der Waals surface area contributed by atoms with Gasteiger partial charge in [0.2, 0.25) is 0 Å². The summed E-state index contributed by atoms with van der Waals surface area (Å²) in [6.07, 6.45) is 2.82. The van der Waals surface area contributed by atoms with Gasteiger partial charge in [0.05, 0.1) is 5.69 Å². The lowest BCUT2D eigenvalue weighted by Gasteiger charge is -2.10. The average molecular weight is 245 g/mol. The molecule has 88 valence electrons. The zero-order valence-electron chi connectivity index (χ0n) is 9.97. The predicted octanol–water partition coefficient (Wildman–Crippen LogP) is 3.00. The summed E-state index contributed by atoms with van der Waals surface area (Å²) in [6, 6.07) is 9.91. The van der Waals surface area contributed by atoms with Crippen LogP contribution in [0.1, 0.15) is 18.4 Å². The second-order valence-electron chi connectivity index (χ2n) is 3.82. The van der Waals surface area contributed by atoms with Crippen molar-refractivity contribution in [2.45, 2.75) is 20.3 Å². The van der Waals surface area contributed by atoms with Gasteiger partial charge < -0.3 is 5.32 Å². The number of benzene rings is 1. The maximum absolute atomic E-state index is 5.38. The third-order valence-electron chi connectivity index (χ3n) is 2.46. The zero-order valence-corrected chi connectivity index (χ0v) is 10.8. The summed E-state index contributed by atoms with van der Waals surface area (Å²) in [5.41, 5.74) is 1.98. The van der Waals surface area contributed by atoms with Crippen LogP contribution in [0, 0.1) is 6.92 Å². The highest BCUT2D eigenvalue weighted by molar-refractivity contribution is 7.80. The van der Waals surface area contributed by atoms with E-state index in [1.54, 1.807) is 0 Å². The van der Waals surface area contributed by atoms with Crippen LogP contribution in [0.4, 0.5) is 5.69 Å². The highest BCUT2D eigenvalue weighted by atomic mass is 32.1. The van der Waals surface area contributed by atoms with Crippen LogP contribution < -0.4 is 5.32 Å². The molecule has 0 aliphatic rings. The predicted molar refractivity (Wildman–Crippen MR) is 74.4 cm³/mol. The van der Waals surface area contributed by atoms with Crippen molar-refractivity contribution < 1.29 is 0 Å². The third kappa shape index (κ3) is 2.71. The van der Waals surface area contributed by atoms with Gasteiger partial charge in [-0.25, -0.2) is 4.98 Å². The fraction of sp³-hybridized carbons (Fsp3) is 0.231. The molecule has 0 amide bonds. The molecule has 1 aromatic carbocycles. The summed E-state index contributed by atoms with van der Waals surface area (Å²) in [6.45, 7) is 4.05.